The minimum atomic E-state index is -3.85. The van der Waals surface area contributed by atoms with E-state index in [0.717, 1.165) is 12.1 Å². The maximum Gasteiger partial charge on any atom is 0.345 e. The van der Waals surface area contributed by atoms with E-state index in [1.165, 1.54) is 24.3 Å². The molecule has 0 saturated carbocycles. The van der Waals surface area contributed by atoms with Gasteiger partial charge in [0.25, 0.3) is 0 Å². The Kier molecular flexibility index (Phi) is 6.86. The van der Waals surface area contributed by atoms with Gasteiger partial charge in [-0.25, -0.2) is 17.6 Å². The predicted octanol–water partition coefficient (Wildman–Crippen LogP) is 6.17. The number of rotatable bonds is 6. The smallest absolute Gasteiger partial charge is 0.345 e. The van der Waals surface area contributed by atoms with Gasteiger partial charge in [0.2, 0.25) is 9.84 Å². The van der Waals surface area contributed by atoms with Crippen LogP contribution in [0.15, 0.2) is 70.5 Å². The summed E-state index contributed by atoms with van der Waals surface area (Å²) in [7, 11) is -3.85. The Morgan fingerprint density at radius 3 is 2.12 bits per heavy atom. The van der Waals surface area contributed by atoms with Crippen molar-refractivity contribution in [2.45, 2.75) is 43.6 Å². The van der Waals surface area contributed by atoms with Gasteiger partial charge in [0.1, 0.15) is 11.6 Å². The van der Waals surface area contributed by atoms with E-state index in [-0.39, 0.29) is 9.79 Å². The van der Waals surface area contributed by atoms with E-state index in [1.54, 1.807) is 52.0 Å². The van der Waals surface area contributed by atoms with Gasteiger partial charge in [-0.1, -0.05) is 38.4 Å². The van der Waals surface area contributed by atoms with Crippen molar-refractivity contribution in [2.75, 3.05) is 0 Å². The van der Waals surface area contributed by atoms with Crippen LogP contribution in [0.1, 0.15) is 26.3 Å². The minimum Gasteiger partial charge on any atom is -0.478 e. The van der Waals surface area contributed by atoms with Crippen LogP contribution >= 0.6 is 11.6 Å². The summed E-state index contributed by atoms with van der Waals surface area (Å²) in [4.78, 5) is 11.8. The van der Waals surface area contributed by atoms with Crippen LogP contribution in [0.25, 0.3) is 11.1 Å². The molecule has 1 atom stereocenters. The van der Waals surface area contributed by atoms with Crippen molar-refractivity contribution in [3.63, 3.8) is 0 Å². The molecule has 0 aliphatic rings. The lowest BCUT2D eigenvalue weighted by Crippen LogP contribution is -2.39. The van der Waals surface area contributed by atoms with Crippen LogP contribution in [-0.2, 0) is 14.6 Å². The molecule has 0 amide bonds. The number of halogens is 2. The Labute approximate surface area is 197 Å². The fourth-order valence-corrected chi connectivity index (χ4v) is 4.91. The molecule has 0 radical (unpaired) electrons. The minimum absolute atomic E-state index is 0.0164. The molecule has 5 nitrogen and oxygen atoms in total. The second kappa shape index (κ2) is 9.15. The molecule has 8 heteroatoms. The largest absolute Gasteiger partial charge is 0.478 e. The number of aliphatic carboxylic acids is 1. The first-order valence-corrected chi connectivity index (χ1v) is 12.0. The lowest BCUT2D eigenvalue weighted by Gasteiger charge is -2.28. The quantitative estimate of drug-likeness (QED) is 0.418. The van der Waals surface area contributed by atoms with Gasteiger partial charge in [0, 0.05) is 16.0 Å². The van der Waals surface area contributed by atoms with Crippen LogP contribution in [0.4, 0.5) is 4.39 Å². The summed E-state index contributed by atoms with van der Waals surface area (Å²) in [6, 6.07) is 14.1. The lowest BCUT2D eigenvalue weighted by molar-refractivity contribution is -0.150. The Morgan fingerprint density at radius 2 is 1.58 bits per heavy atom. The molecule has 1 unspecified atom stereocenters. The van der Waals surface area contributed by atoms with Gasteiger partial charge in [-0.15, -0.1) is 0 Å². The molecule has 1 N–H and O–H groups in total. The van der Waals surface area contributed by atoms with Crippen molar-refractivity contribution in [2.24, 2.45) is 5.41 Å². The summed E-state index contributed by atoms with van der Waals surface area (Å²) in [5.41, 5.74) is 1.13. The SMILES string of the molecule is Cc1cc(S(=O)(=O)c2ccc(F)cc2)ccc1-c1cc(Cl)ccc1OC(C(=O)O)C(C)(C)C. The van der Waals surface area contributed by atoms with E-state index in [2.05, 4.69) is 0 Å². The number of carbonyl (C=O) groups is 1. The van der Waals surface area contributed by atoms with Crippen molar-refractivity contribution in [1.29, 1.82) is 0 Å². The fraction of sp³-hybridized carbons (Fsp3) is 0.240. The normalized spacial score (nSPS) is 12.9. The molecule has 0 aliphatic heterocycles. The molecule has 0 heterocycles. The molecule has 3 aromatic carbocycles. The number of carboxylic acids is 1. The Balaban J connectivity index is 2.07. The molecule has 0 spiro atoms. The zero-order valence-corrected chi connectivity index (χ0v) is 20.2. The number of sulfone groups is 1. The molecule has 0 saturated heterocycles. The average molecular weight is 491 g/mol. The molecular formula is C25H24ClFO5S. The van der Waals surface area contributed by atoms with Gasteiger partial charge in [-0.3, -0.25) is 0 Å². The zero-order chi connectivity index (χ0) is 24.6. The number of hydrogen-bond acceptors (Lipinski definition) is 4. The topological polar surface area (TPSA) is 80.7 Å². The third-order valence-electron chi connectivity index (χ3n) is 5.12. The van der Waals surface area contributed by atoms with E-state index in [4.69, 9.17) is 16.3 Å². The van der Waals surface area contributed by atoms with Crippen molar-refractivity contribution in [1.82, 2.24) is 0 Å². The van der Waals surface area contributed by atoms with Gasteiger partial charge in [-0.2, -0.15) is 0 Å². The third-order valence-corrected chi connectivity index (χ3v) is 7.12. The maximum absolute atomic E-state index is 13.2. The summed E-state index contributed by atoms with van der Waals surface area (Å²) >= 11 is 6.21. The molecular weight excluding hydrogens is 467 g/mol. The monoisotopic (exact) mass is 490 g/mol. The van der Waals surface area contributed by atoms with Crippen molar-refractivity contribution in [3.8, 4) is 16.9 Å². The van der Waals surface area contributed by atoms with Crippen molar-refractivity contribution in [3.05, 3.63) is 77.1 Å². The maximum atomic E-state index is 13.2. The lowest BCUT2D eigenvalue weighted by atomic mass is 9.89. The molecule has 174 valence electrons. The van der Waals surface area contributed by atoms with Gasteiger partial charge < -0.3 is 9.84 Å². The van der Waals surface area contributed by atoms with Gasteiger partial charge in [0.15, 0.2) is 6.10 Å². The molecule has 3 rings (SSSR count). The Bertz CT molecular complexity index is 1300. The number of ether oxygens (including phenoxy) is 1. The summed E-state index contributed by atoms with van der Waals surface area (Å²) in [6.07, 6.45) is -1.11. The highest BCUT2D eigenvalue weighted by Gasteiger charge is 2.34. The first-order chi connectivity index (χ1) is 15.3. The zero-order valence-electron chi connectivity index (χ0n) is 18.6. The highest BCUT2D eigenvalue weighted by Crippen LogP contribution is 2.38. The summed E-state index contributed by atoms with van der Waals surface area (Å²) in [5.74, 6) is -1.30. The third kappa shape index (κ3) is 5.37. The second-order valence-corrected chi connectivity index (χ2v) is 11.2. The van der Waals surface area contributed by atoms with Crippen LogP contribution in [0.2, 0.25) is 5.02 Å². The molecule has 0 aliphatic carbocycles. The number of benzene rings is 3. The molecule has 0 fully saturated rings. The Hall–Kier alpha value is -2.90. The van der Waals surface area contributed by atoms with Crippen LogP contribution < -0.4 is 4.74 Å². The van der Waals surface area contributed by atoms with E-state index >= 15 is 0 Å². The summed E-state index contributed by atoms with van der Waals surface area (Å²) < 4.78 is 45.0. The predicted molar refractivity (Wildman–Crippen MR) is 125 cm³/mol. The summed E-state index contributed by atoms with van der Waals surface area (Å²) in [6.45, 7) is 7.04. The van der Waals surface area contributed by atoms with E-state index < -0.39 is 33.1 Å². The molecule has 33 heavy (non-hydrogen) atoms. The molecule has 0 aromatic heterocycles. The summed E-state index contributed by atoms with van der Waals surface area (Å²) in [5, 5.41) is 10.1. The van der Waals surface area contributed by atoms with E-state index in [9.17, 15) is 22.7 Å². The molecule has 0 bridgehead atoms. The average Bonchev–Trinajstić information content (AvgIpc) is 2.72. The first-order valence-electron chi connectivity index (χ1n) is 10.1. The van der Waals surface area contributed by atoms with Crippen molar-refractivity contribution >= 4 is 27.4 Å². The standard InChI is InChI=1S/C25H24ClFO5S/c1-15-13-19(33(30,31)18-8-6-17(27)7-9-18)10-11-20(15)21-14-16(26)5-12-22(21)32-23(24(28)29)25(2,3)4/h5-14,23H,1-4H3,(H,28,29). The number of carboxylic acid groups (broad SMARTS) is 1. The van der Waals surface area contributed by atoms with Crippen LogP contribution in [0, 0.1) is 18.2 Å². The Morgan fingerprint density at radius 1 is 0.970 bits per heavy atom. The van der Waals surface area contributed by atoms with E-state index in [1.807, 2.05) is 0 Å². The second-order valence-electron chi connectivity index (χ2n) is 8.78. The van der Waals surface area contributed by atoms with Crippen LogP contribution in [0.5, 0.6) is 5.75 Å². The first kappa shape index (κ1) is 24.7. The molecule has 3 aromatic rings. The van der Waals surface area contributed by atoms with E-state index in [0.29, 0.717) is 27.5 Å². The van der Waals surface area contributed by atoms with Crippen LogP contribution in [0.3, 0.4) is 0 Å². The van der Waals surface area contributed by atoms with Gasteiger partial charge in [0.05, 0.1) is 9.79 Å². The van der Waals surface area contributed by atoms with Crippen molar-refractivity contribution < 1.29 is 27.4 Å². The number of hydrogen-bond donors (Lipinski definition) is 1. The highest BCUT2D eigenvalue weighted by molar-refractivity contribution is 7.91. The fourth-order valence-electron chi connectivity index (χ4n) is 3.40. The number of aryl methyl sites for hydroxylation is 1. The van der Waals surface area contributed by atoms with Crippen LogP contribution in [-0.4, -0.2) is 25.6 Å². The van der Waals surface area contributed by atoms with Gasteiger partial charge in [-0.05, 0) is 72.6 Å². The van der Waals surface area contributed by atoms with Gasteiger partial charge >= 0.3 is 5.97 Å². The highest BCUT2D eigenvalue weighted by atomic mass is 35.5.